The Hall–Kier alpha value is -1.57. The minimum atomic E-state index is -0.691. The molecule has 20 heavy (non-hydrogen) atoms. The third-order valence-electron chi connectivity index (χ3n) is 3.62. The fraction of sp³-hybridized carbons (Fsp3) is 0.800. The fourth-order valence-electron chi connectivity index (χ4n) is 2.30. The van der Waals surface area contributed by atoms with Crippen molar-refractivity contribution in [3.05, 3.63) is 0 Å². The molecule has 2 amide bonds. The van der Waals surface area contributed by atoms with E-state index in [1.807, 2.05) is 20.8 Å². The Morgan fingerprint density at radius 3 is 2.30 bits per heavy atom. The van der Waals surface area contributed by atoms with E-state index in [0.717, 1.165) is 32.1 Å². The van der Waals surface area contributed by atoms with Crippen LogP contribution in [0.25, 0.3) is 0 Å². The summed E-state index contributed by atoms with van der Waals surface area (Å²) in [6.07, 6.45) is 4.75. The molecule has 0 radical (unpaired) electrons. The summed E-state index contributed by atoms with van der Waals surface area (Å²) in [7, 11) is 0. The van der Waals surface area contributed by atoms with Gasteiger partial charge in [-0.15, -0.1) is 0 Å². The van der Waals surface area contributed by atoms with Gasteiger partial charge < -0.3 is 10.6 Å². The number of rotatable bonds is 4. The van der Waals surface area contributed by atoms with Crippen LogP contribution in [0.5, 0.6) is 0 Å². The van der Waals surface area contributed by atoms with Crippen LogP contribution in [-0.2, 0) is 9.59 Å². The highest BCUT2D eigenvalue weighted by atomic mass is 16.2. The standard InChI is InChI=1S/C15H25N3O2/c1-14(2,3)13(20)17-10-7-12(19)18-15(11-16)8-5-4-6-9-15/h4-10H2,1-3H3,(H,17,20)(H,18,19). The van der Waals surface area contributed by atoms with Gasteiger partial charge in [-0.05, 0) is 12.8 Å². The number of nitriles is 1. The quantitative estimate of drug-likeness (QED) is 0.824. The highest BCUT2D eigenvalue weighted by Gasteiger charge is 2.33. The molecule has 1 rings (SSSR count). The lowest BCUT2D eigenvalue weighted by Gasteiger charge is -2.31. The largest absolute Gasteiger partial charge is 0.355 e. The molecule has 0 heterocycles. The van der Waals surface area contributed by atoms with Gasteiger partial charge in [-0.2, -0.15) is 5.26 Å². The van der Waals surface area contributed by atoms with Crippen LogP contribution in [0.1, 0.15) is 59.3 Å². The topological polar surface area (TPSA) is 82.0 Å². The second-order valence-corrected chi connectivity index (χ2v) is 6.56. The number of nitrogens with one attached hydrogen (secondary N) is 2. The summed E-state index contributed by atoms with van der Waals surface area (Å²) >= 11 is 0. The van der Waals surface area contributed by atoms with Gasteiger partial charge in [-0.1, -0.05) is 40.0 Å². The number of carbonyl (C=O) groups excluding carboxylic acids is 2. The van der Waals surface area contributed by atoms with Crippen LogP contribution >= 0.6 is 0 Å². The average Bonchev–Trinajstić information content (AvgIpc) is 2.38. The smallest absolute Gasteiger partial charge is 0.225 e. The van der Waals surface area contributed by atoms with E-state index in [-0.39, 0.29) is 18.2 Å². The molecule has 0 aromatic carbocycles. The molecule has 0 spiro atoms. The number of hydrogen-bond donors (Lipinski definition) is 2. The lowest BCUT2D eigenvalue weighted by molar-refractivity contribution is -0.128. The van der Waals surface area contributed by atoms with Crippen LogP contribution in [0.15, 0.2) is 0 Å². The minimum Gasteiger partial charge on any atom is -0.355 e. The predicted molar refractivity (Wildman–Crippen MR) is 76.7 cm³/mol. The van der Waals surface area contributed by atoms with Gasteiger partial charge in [0.2, 0.25) is 11.8 Å². The maximum absolute atomic E-state index is 11.9. The molecule has 1 aliphatic carbocycles. The molecule has 0 aromatic rings. The molecule has 0 aliphatic heterocycles. The van der Waals surface area contributed by atoms with Gasteiger partial charge in [0.1, 0.15) is 5.54 Å². The van der Waals surface area contributed by atoms with Crippen LogP contribution < -0.4 is 10.6 Å². The maximum atomic E-state index is 11.9. The number of amides is 2. The monoisotopic (exact) mass is 279 g/mol. The highest BCUT2D eigenvalue weighted by molar-refractivity contribution is 5.82. The molecule has 5 nitrogen and oxygen atoms in total. The van der Waals surface area contributed by atoms with Crippen molar-refractivity contribution < 1.29 is 9.59 Å². The van der Waals surface area contributed by atoms with Crippen molar-refractivity contribution in [3.8, 4) is 6.07 Å². The Morgan fingerprint density at radius 2 is 1.80 bits per heavy atom. The molecule has 1 fully saturated rings. The van der Waals surface area contributed by atoms with E-state index in [1.165, 1.54) is 0 Å². The highest BCUT2D eigenvalue weighted by Crippen LogP contribution is 2.27. The van der Waals surface area contributed by atoms with E-state index in [4.69, 9.17) is 0 Å². The molecule has 112 valence electrons. The van der Waals surface area contributed by atoms with Crippen LogP contribution in [0.3, 0.4) is 0 Å². The van der Waals surface area contributed by atoms with Gasteiger partial charge in [0.25, 0.3) is 0 Å². The Labute approximate surface area is 121 Å². The SMILES string of the molecule is CC(C)(C)C(=O)NCCC(=O)NC1(C#N)CCCCC1. The molecule has 2 N–H and O–H groups in total. The third kappa shape index (κ3) is 4.84. The molecule has 0 bridgehead atoms. The van der Waals surface area contributed by atoms with E-state index >= 15 is 0 Å². The molecule has 1 aliphatic rings. The summed E-state index contributed by atoms with van der Waals surface area (Å²) in [6, 6.07) is 2.25. The van der Waals surface area contributed by atoms with Crippen molar-refractivity contribution in [2.75, 3.05) is 6.54 Å². The summed E-state index contributed by atoms with van der Waals surface area (Å²) in [5.74, 6) is -0.236. The summed E-state index contributed by atoms with van der Waals surface area (Å²) in [5.41, 5.74) is -1.14. The molecule has 0 atom stereocenters. The molecule has 5 heteroatoms. The first-order chi connectivity index (χ1) is 9.29. The lowest BCUT2D eigenvalue weighted by atomic mass is 9.83. The number of hydrogen-bond acceptors (Lipinski definition) is 3. The van der Waals surface area contributed by atoms with Crippen LogP contribution in [0.2, 0.25) is 0 Å². The minimum absolute atomic E-state index is 0.0713. The first-order valence-electron chi connectivity index (χ1n) is 7.30. The summed E-state index contributed by atoms with van der Waals surface area (Å²) in [4.78, 5) is 23.6. The first-order valence-corrected chi connectivity index (χ1v) is 7.30. The van der Waals surface area contributed by atoms with E-state index in [0.29, 0.717) is 6.54 Å². The Bertz CT molecular complexity index is 398. The predicted octanol–water partition coefficient (Wildman–Crippen LogP) is 1.88. The van der Waals surface area contributed by atoms with E-state index in [1.54, 1.807) is 0 Å². The average molecular weight is 279 g/mol. The first kappa shape index (κ1) is 16.5. The number of carbonyl (C=O) groups is 2. The van der Waals surface area contributed by atoms with Crippen LogP contribution in [-0.4, -0.2) is 23.9 Å². The van der Waals surface area contributed by atoms with Crippen LogP contribution in [0.4, 0.5) is 0 Å². The zero-order valence-corrected chi connectivity index (χ0v) is 12.7. The van der Waals surface area contributed by atoms with Crippen molar-refractivity contribution in [3.63, 3.8) is 0 Å². The van der Waals surface area contributed by atoms with Crippen molar-refractivity contribution in [1.29, 1.82) is 5.26 Å². The Morgan fingerprint density at radius 1 is 1.20 bits per heavy atom. The van der Waals surface area contributed by atoms with Gasteiger partial charge >= 0.3 is 0 Å². The fourth-order valence-corrected chi connectivity index (χ4v) is 2.30. The van der Waals surface area contributed by atoms with Crippen LogP contribution in [0, 0.1) is 16.7 Å². The Balaban J connectivity index is 2.37. The normalized spacial score (nSPS) is 17.9. The van der Waals surface area contributed by atoms with E-state index in [2.05, 4.69) is 16.7 Å². The van der Waals surface area contributed by atoms with Crippen molar-refractivity contribution in [2.24, 2.45) is 5.41 Å². The molecule has 0 unspecified atom stereocenters. The lowest BCUT2D eigenvalue weighted by Crippen LogP contribution is -2.49. The van der Waals surface area contributed by atoms with Crippen molar-refractivity contribution in [1.82, 2.24) is 10.6 Å². The molecular weight excluding hydrogens is 254 g/mol. The zero-order valence-electron chi connectivity index (χ0n) is 12.7. The zero-order chi connectivity index (χ0) is 15.2. The number of nitrogens with zero attached hydrogens (tertiary/aromatic N) is 1. The van der Waals surface area contributed by atoms with Gasteiger partial charge in [0.15, 0.2) is 0 Å². The molecular formula is C15H25N3O2. The summed E-state index contributed by atoms with van der Waals surface area (Å²) in [5, 5.41) is 14.9. The summed E-state index contributed by atoms with van der Waals surface area (Å²) in [6.45, 7) is 5.79. The molecule has 0 aromatic heterocycles. The molecule has 0 saturated heterocycles. The van der Waals surface area contributed by atoms with Crippen molar-refractivity contribution >= 4 is 11.8 Å². The van der Waals surface area contributed by atoms with Gasteiger partial charge in [-0.25, -0.2) is 0 Å². The van der Waals surface area contributed by atoms with Gasteiger partial charge in [0.05, 0.1) is 6.07 Å². The van der Waals surface area contributed by atoms with E-state index < -0.39 is 11.0 Å². The van der Waals surface area contributed by atoms with Crippen molar-refractivity contribution in [2.45, 2.75) is 64.8 Å². The second-order valence-electron chi connectivity index (χ2n) is 6.56. The van der Waals surface area contributed by atoms with Gasteiger partial charge in [0, 0.05) is 18.4 Å². The summed E-state index contributed by atoms with van der Waals surface area (Å²) < 4.78 is 0. The molecule has 1 saturated carbocycles. The second kappa shape index (κ2) is 6.74. The third-order valence-corrected chi connectivity index (χ3v) is 3.62. The van der Waals surface area contributed by atoms with Gasteiger partial charge in [-0.3, -0.25) is 9.59 Å². The van der Waals surface area contributed by atoms with E-state index in [9.17, 15) is 14.9 Å². The maximum Gasteiger partial charge on any atom is 0.225 e. The Kier molecular flexibility index (Phi) is 5.55.